The van der Waals surface area contributed by atoms with Gasteiger partial charge in [0, 0.05) is 4.88 Å². The first kappa shape index (κ1) is 15.5. The number of nitrogens with one attached hydrogen (secondary N) is 1. The van der Waals surface area contributed by atoms with Crippen LogP contribution < -0.4 is 10.5 Å². The molecular formula is C14H16N2O3S2. The van der Waals surface area contributed by atoms with Crippen molar-refractivity contribution < 1.29 is 13.2 Å². The number of carbonyl (C=O) groups excluding carboxylic acids is 1. The van der Waals surface area contributed by atoms with Gasteiger partial charge >= 0.3 is 0 Å². The number of sulfonamides is 1. The molecule has 2 aromatic rings. The highest BCUT2D eigenvalue weighted by molar-refractivity contribution is 7.93. The van der Waals surface area contributed by atoms with Gasteiger partial charge in [-0.2, -0.15) is 0 Å². The second-order valence-corrected chi connectivity index (χ2v) is 7.68. The third-order valence-corrected chi connectivity index (χ3v) is 5.81. The van der Waals surface area contributed by atoms with Gasteiger partial charge in [0.25, 0.3) is 15.9 Å². The molecule has 112 valence electrons. The van der Waals surface area contributed by atoms with Crippen molar-refractivity contribution in [1.29, 1.82) is 0 Å². The van der Waals surface area contributed by atoms with Gasteiger partial charge in [-0.3, -0.25) is 9.52 Å². The fourth-order valence-corrected chi connectivity index (χ4v) is 4.27. The SMILES string of the molecule is Cc1ccc(S(=O)(=O)Nc2sc(C)c(C)c2C(N)=O)cc1. The third kappa shape index (κ3) is 3.08. The minimum absolute atomic E-state index is 0.146. The predicted octanol–water partition coefficient (Wildman–Crippen LogP) is 2.57. The summed E-state index contributed by atoms with van der Waals surface area (Å²) in [7, 11) is -3.74. The van der Waals surface area contributed by atoms with Crippen molar-refractivity contribution in [1.82, 2.24) is 0 Å². The minimum Gasteiger partial charge on any atom is -0.365 e. The van der Waals surface area contributed by atoms with Gasteiger partial charge in [0.15, 0.2) is 0 Å². The number of carbonyl (C=O) groups is 1. The van der Waals surface area contributed by atoms with Crippen molar-refractivity contribution in [2.75, 3.05) is 4.72 Å². The van der Waals surface area contributed by atoms with Crippen LogP contribution in [0.5, 0.6) is 0 Å². The molecule has 1 aromatic carbocycles. The molecular weight excluding hydrogens is 308 g/mol. The topological polar surface area (TPSA) is 89.3 Å². The maximum Gasteiger partial charge on any atom is 0.262 e. The van der Waals surface area contributed by atoms with Crippen LogP contribution in [0, 0.1) is 20.8 Å². The van der Waals surface area contributed by atoms with Gasteiger partial charge in [0.1, 0.15) is 5.00 Å². The number of hydrogen-bond donors (Lipinski definition) is 2. The monoisotopic (exact) mass is 324 g/mol. The van der Waals surface area contributed by atoms with E-state index in [0.717, 1.165) is 10.4 Å². The van der Waals surface area contributed by atoms with Crippen LogP contribution in [0.15, 0.2) is 29.2 Å². The Labute approximate surface area is 127 Å². The highest BCUT2D eigenvalue weighted by Gasteiger charge is 2.22. The molecule has 0 saturated carbocycles. The number of aryl methyl sites for hydroxylation is 2. The molecule has 0 saturated heterocycles. The fourth-order valence-electron chi connectivity index (χ4n) is 1.89. The summed E-state index contributed by atoms with van der Waals surface area (Å²) in [6.45, 7) is 5.44. The number of nitrogens with two attached hydrogens (primary N) is 1. The van der Waals surface area contributed by atoms with Crippen molar-refractivity contribution >= 4 is 32.3 Å². The lowest BCUT2D eigenvalue weighted by Gasteiger charge is -2.08. The van der Waals surface area contributed by atoms with E-state index in [-0.39, 0.29) is 15.5 Å². The Hall–Kier alpha value is -1.86. The first-order valence-electron chi connectivity index (χ1n) is 6.21. The van der Waals surface area contributed by atoms with Gasteiger partial charge in [-0.05, 0) is 38.5 Å². The summed E-state index contributed by atoms with van der Waals surface area (Å²) in [6, 6.07) is 6.48. The Balaban J connectivity index is 2.44. The van der Waals surface area contributed by atoms with Crippen LogP contribution in [0.3, 0.4) is 0 Å². The second kappa shape index (κ2) is 5.50. The molecule has 0 fully saturated rings. The first-order valence-corrected chi connectivity index (χ1v) is 8.51. The Morgan fingerprint density at radius 3 is 2.24 bits per heavy atom. The fraction of sp³-hybridized carbons (Fsp3) is 0.214. The van der Waals surface area contributed by atoms with Gasteiger partial charge in [0.05, 0.1) is 10.5 Å². The average Bonchev–Trinajstić information content (AvgIpc) is 2.64. The maximum absolute atomic E-state index is 12.4. The molecule has 2 rings (SSSR count). The summed E-state index contributed by atoms with van der Waals surface area (Å²) in [5.41, 5.74) is 7.24. The van der Waals surface area contributed by atoms with E-state index in [4.69, 9.17) is 5.73 Å². The normalized spacial score (nSPS) is 11.4. The second-order valence-electron chi connectivity index (χ2n) is 4.77. The Bertz CT molecular complexity index is 790. The molecule has 1 heterocycles. The van der Waals surface area contributed by atoms with E-state index in [2.05, 4.69) is 4.72 Å². The zero-order valence-electron chi connectivity index (χ0n) is 11.9. The standard InChI is InChI=1S/C14H16N2O3S2/c1-8-4-6-11(7-5-8)21(18,19)16-14-12(13(15)17)9(2)10(3)20-14/h4-7,16H,1-3H3,(H2,15,17). The lowest BCUT2D eigenvalue weighted by molar-refractivity contribution is 0.100. The van der Waals surface area contributed by atoms with Crippen molar-refractivity contribution in [3.8, 4) is 0 Å². The predicted molar refractivity (Wildman–Crippen MR) is 84.3 cm³/mol. The highest BCUT2D eigenvalue weighted by Crippen LogP contribution is 2.33. The molecule has 7 heteroatoms. The van der Waals surface area contributed by atoms with Crippen LogP contribution >= 0.6 is 11.3 Å². The van der Waals surface area contributed by atoms with Crippen molar-refractivity contribution in [3.05, 3.63) is 45.8 Å². The third-order valence-electron chi connectivity index (χ3n) is 3.19. The number of hydrogen-bond acceptors (Lipinski definition) is 4. The molecule has 5 nitrogen and oxygen atoms in total. The molecule has 0 bridgehead atoms. The molecule has 0 aliphatic rings. The van der Waals surface area contributed by atoms with E-state index in [1.165, 1.54) is 23.5 Å². The van der Waals surface area contributed by atoms with Crippen LogP contribution in [-0.4, -0.2) is 14.3 Å². The van der Waals surface area contributed by atoms with E-state index >= 15 is 0 Å². The zero-order valence-corrected chi connectivity index (χ0v) is 13.6. The molecule has 0 radical (unpaired) electrons. The average molecular weight is 324 g/mol. The molecule has 21 heavy (non-hydrogen) atoms. The summed E-state index contributed by atoms with van der Waals surface area (Å²) < 4.78 is 27.2. The zero-order chi connectivity index (χ0) is 15.8. The molecule has 3 N–H and O–H groups in total. The van der Waals surface area contributed by atoms with Gasteiger partial charge < -0.3 is 5.73 Å². The summed E-state index contributed by atoms with van der Waals surface area (Å²) in [5, 5.41) is 0.262. The highest BCUT2D eigenvalue weighted by atomic mass is 32.2. The van der Waals surface area contributed by atoms with Crippen molar-refractivity contribution in [2.45, 2.75) is 25.7 Å². The Morgan fingerprint density at radius 1 is 1.14 bits per heavy atom. The lowest BCUT2D eigenvalue weighted by atomic mass is 10.1. The first-order chi connectivity index (χ1) is 9.72. The quantitative estimate of drug-likeness (QED) is 0.906. The number of amides is 1. The van der Waals surface area contributed by atoms with E-state index in [9.17, 15) is 13.2 Å². The summed E-state index contributed by atoms with van der Waals surface area (Å²) >= 11 is 1.20. The number of rotatable bonds is 4. The van der Waals surface area contributed by atoms with Gasteiger partial charge in [-0.25, -0.2) is 8.42 Å². The number of anilines is 1. The number of benzene rings is 1. The van der Waals surface area contributed by atoms with Crippen LogP contribution in [0.4, 0.5) is 5.00 Å². The maximum atomic E-state index is 12.4. The van der Waals surface area contributed by atoms with Crippen LogP contribution in [0.1, 0.15) is 26.4 Å². The van der Waals surface area contributed by atoms with Crippen LogP contribution in [0.2, 0.25) is 0 Å². The minimum atomic E-state index is -3.74. The van der Waals surface area contributed by atoms with Gasteiger partial charge in [0.2, 0.25) is 0 Å². The molecule has 1 amide bonds. The molecule has 0 spiro atoms. The summed E-state index contributed by atoms with van der Waals surface area (Å²) in [4.78, 5) is 12.5. The smallest absolute Gasteiger partial charge is 0.262 e. The lowest BCUT2D eigenvalue weighted by Crippen LogP contribution is -2.17. The van der Waals surface area contributed by atoms with Crippen LogP contribution in [-0.2, 0) is 10.0 Å². The van der Waals surface area contributed by atoms with Crippen LogP contribution in [0.25, 0.3) is 0 Å². The molecule has 0 unspecified atom stereocenters. The van der Waals surface area contributed by atoms with E-state index < -0.39 is 15.9 Å². The van der Waals surface area contributed by atoms with E-state index in [1.54, 1.807) is 19.1 Å². The van der Waals surface area contributed by atoms with Gasteiger partial charge in [-0.1, -0.05) is 17.7 Å². The van der Waals surface area contributed by atoms with Crippen molar-refractivity contribution in [3.63, 3.8) is 0 Å². The molecule has 0 atom stereocenters. The molecule has 0 aliphatic heterocycles. The summed E-state index contributed by atoms with van der Waals surface area (Å²) in [5.74, 6) is -0.640. The number of thiophene rings is 1. The number of primary amides is 1. The summed E-state index contributed by atoms with van der Waals surface area (Å²) in [6.07, 6.45) is 0. The largest absolute Gasteiger partial charge is 0.365 e. The molecule has 0 aliphatic carbocycles. The van der Waals surface area contributed by atoms with Crippen molar-refractivity contribution in [2.24, 2.45) is 5.73 Å². The Kier molecular flexibility index (Phi) is 4.06. The van der Waals surface area contributed by atoms with E-state index in [0.29, 0.717) is 5.56 Å². The molecule has 1 aromatic heterocycles. The van der Waals surface area contributed by atoms with E-state index in [1.807, 2.05) is 13.8 Å². The van der Waals surface area contributed by atoms with Gasteiger partial charge in [-0.15, -0.1) is 11.3 Å². The Morgan fingerprint density at radius 2 is 1.71 bits per heavy atom.